The molecule has 0 spiro atoms. The molecule has 0 saturated carbocycles. The molecule has 0 heterocycles. The minimum absolute atomic E-state index is 0.0918. The second-order valence-electron chi connectivity index (χ2n) is 4.81. The smallest absolute Gasteiger partial charge is 0.303 e. The molecule has 0 unspecified atom stereocenters. The number of carboxylic acid groups (broad SMARTS) is 1. The number of sulfonamides is 1. The summed E-state index contributed by atoms with van der Waals surface area (Å²) in [5.41, 5.74) is -0.827. The van der Waals surface area contributed by atoms with Crippen molar-refractivity contribution in [2.75, 3.05) is 0 Å². The van der Waals surface area contributed by atoms with Gasteiger partial charge in [0.2, 0.25) is 10.0 Å². The first-order chi connectivity index (χ1) is 8.64. The zero-order valence-electron chi connectivity index (χ0n) is 10.7. The average Bonchev–Trinajstić information content (AvgIpc) is 2.25. The number of benzene rings is 1. The van der Waals surface area contributed by atoms with Crippen molar-refractivity contribution in [3.63, 3.8) is 0 Å². The van der Waals surface area contributed by atoms with Crippen LogP contribution in [0, 0.1) is 0 Å². The van der Waals surface area contributed by atoms with Crippen molar-refractivity contribution in [1.29, 1.82) is 0 Å². The van der Waals surface area contributed by atoms with Crippen LogP contribution >= 0.6 is 15.9 Å². The molecule has 0 aliphatic carbocycles. The Hall–Kier alpha value is -0.920. The average molecular weight is 350 g/mol. The molecule has 7 heteroatoms. The highest BCUT2D eigenvalue weighted by molar-refractivity contribution is 9.10. The fourth-order valence-corrected chi connectivity index (χ4v) is 4.00. The summed E-state index contributed by atoms with van der Waals surface area (Å²) >= 11 is 3.19. The molecule has 0 aliphatic heterocycles. The largest absolute Gasteiger partial charge is 0.481 e. The zero-order chi connectivity index (χ0) is 14.7. The topological polar surface area (TPSA) is 83.5 Å². The van der Waals surface area contributed by atoms with Crippen LogP contribution in [0.4, 0.5) is 0 Å². The maximum atomic E-state index is 12.2. The molecule has 5 nitrogen and oxygen atoms in total. The van der Waals surface area contributed by atoms with Crippen LogP contribution in [0.2, 0.25) is 0 Å². The Morgan fingerprint density at radius 3 is 2.47 bits per heavy atom. The number of carboxylic acids is 1. The molecule has 2 N–H and O–H groups in total. The van der Waals surface area contributed by atoms with Gasteiger partial charge in [-0.25, -0.2) is 13.1 Å². The maximum Gasteiger partial charge on any atom is 0.303 e. The SMILES string of the molecule is CC(C)(CCC(=O)O)NS(=O)(=O)c1ccccc1Br. The van der Waals surface area contributed by atoms with E-state index in [1.54, 1.807) is 32.0 Å². The van der Waals surface area contributed by atoms with E-state index in [0.29, 0.717) is 4.47 Å². The maximum absolute atomic E-state index is 12.2. The molecule has 0 atom stereocenters. The van der Waals surface area contributed by atoms with Crippen LogP contribution in [0.5, 0.6) is 0 Å². The van der Waals surface area contributed by atoms with E-state index in [1.807, 2.05) is 0 Å². The lowest BCUT2D eigenvalue weighted by Gasteiger charge is -2.25. The predicted octanol–water partition coefficient (Wildman–Crippen LogP) is 2.37. The van der Waals surface area contributed by atoms with E-state index in [9.17, 15) is 13.2 Å². The molecule has 0 aromatic heterocycles. The minimum Gasteiger partial charge on any atom is -0.481 e. The molecule has 1 rings (SSSR count). The highest BCUT2D eigenvalue weighted by atomic mass is 79.9. The van der Waals surface area contributed by atoms with E-state index in [0.717, 1.165) is 0 Å². The van der Waals surface area contributed by atoms with Gasteiger partial charge in [-0.05, 0) is 48.3 Å². The lowest BCUT2D eigenvalue weighted by Crippen LogP contribution is -2.43. The first-order valence-electron chi connectivity index (χ1n) is 5.64. The molecule has 0 bridgehead atoms. The third-order valence-electron chi connectivity index (χ3n) is 2.50. The fraction of sp³-hybridized carbons (Fsp3) is 0.417. The van der Waals surface area contributed by atoms with Crippen LogP contribution in [0.15, 0.2) is 33.6 Å². The summed E-state index contributed by atoms with van der Waals surface area (Å²) in [5.74, 6) is -0.951. The zero-order valence-corrected chi connectivity index (χ0v) is 13.1. The van der Waals surface area contributed by atoms with Gasteiger partial charge in [-0.2, -0.15) is 0 Å². The van der Waals surface area contributed by atoms with Gasteiger partial charge < -0.3 is 5.11 Å². The Morgan fingerprint density at radius 1 is 1.37 bits per heavy atom. The van der Waals surface area contributed by atoms with E-state index in [4.69, 9.17) is 5.11 Å². The van der Waals surface area contributed by atoms with Gasteiger partial charge >= 0.3 is 5.97 Å². The van der Waals surface area contributed by atoms with Crippen molar-refractivity contribution >= 4 is 31.9 Å². The van der Waals surface area contributed by atoms with Gasteiger partial charge in [-0.3, -0.25) is 4.79 Å². The monoisotopic (exact) mass is 349 g/mol. The number of hydrogen-bond acceptors (Lipinski definition) is 3. The summed E-state index contributed by atoms with van der Waals surface area (Å²) in [4.78, 5) is 10.7. The van der Waals surface area contributed by atoms with Crippen molar-refractivity contribution < 1.29 is 18.3 Å². The Bertz CT molecular complexity index is 569. The molecular weight excluding hydrogens is 334 g/mol. The lowest BCUT2D eigenvalue weighted by molar-refractivity contribution is -0.137. The summed E-state index contributed by atoms with van der Waals surface area (Å²) in [7, 11) is -3.69. The minimum atomic E-state index is -3.69. The van der Waals surface area contributed by atoms with Gasteiger partial charge in [-0.15, -0.1) is 0 Å². The van der Waals surface area contributed by atoms with E-state index >= 15 is 0 Å². The normalized spacial score (nSPS) is 12.4. The molecule has 0 fully saturated rings. The number of rotatable bonds is 6. The first kappa shape index (κ1) is 16.1. The van der Waals surface area contributed by atoms with Crippen molar-refractivity contribution in [2.24, 2.45) is 0 Å². The third kappa shape index (κ3) is 4.93. The van der Waals surface area contributed by atoms with Gasteiger partial charge in [0, 0.05) is 16.4 Å². The number of nitrogens with one attached hydrogen (secondary N) is 1. The van der Waals surface area contributed by atoms with Crippen molar-refractivity contribution in [1.82, 2.24) is 4.72 Å². The van der Waals surface area contributed by atoms with E-state index in [2.05, 4.69) is 20.7 Å². The quantitative estimate of drug-likeness (QED) is 0.825. The van der Waals surface area contributed by atoms with Crippen molar-refractivity contribution in [2.45, 2.75) is 37.1 Å². The van der Waals surface area contributed by atoms with E-state index < -0.39 is 21.5 Å². The lowest BCUT2D eigenvalue weighted by atomic mass is 10.0. The van der Waals surface area contributed by atoms with Crippen LogP contribution in [0.3, 0.4) is 0 Å². The molecule has 1 aromatic rings. The first-order valence-corrected chi connectivity index (χ1v) is 7.92. The van der Waals surface area contributed by atoms with Crippen LogP contribution in [-0.2, 0) is 14.8 Å². The molecule has 106 valence electrons. The molecule has 0 radical (unpaired) electrons. The molecule has 1 aromatic carbocycles. The Morgan fingerprint density at radius 2 is 1.95 bits per heavy atom. The van der Waals surface area contributed by atoms with E-state index in [1.165, 1.54) is 6.07 Å². The number of aliphatic carboxylic acids is 1. The second-order valence-corrected chi connectivity index (χ2v) is 7.32. The van der Waals surface area contributed by atoms with Gasteiger partial charge in [0.1, 0.15) is 0 Å². The molecule has 0 aliphatic rings. The Labute approximate surface area is 121 Å². The number of hydrogen-bond donors (Lipinski definition) is 2. The molecular formula is C12H16BrNO4S. The van der Waals surface area contributed by atoms with E-state index in [-0.39, 0.29) is 17.7 Å². The standard InChI is InChI=1S/C12H16BrNO4S/c1-12(2,8-7-11(15)16)14-19(17,18)10-6-4-3-5-9(10)13/h3-6,14H,7-8H2,1-2H3,(H,15,16). The number of carbonyl (C=O) groups is 1. The van der Waals surface area contributed by atoms with Gasteiger partial charge in [0.15, 0.2) is 0 Å². The van der Waals surface area contributed by atoms with Gasteiger partial charge in [0.25, 0.3) is 0 Å². The molecule has 0 amide bonds. The summed E-state index contributed by atoms with van der Waals surface area (Å²) in [6.07, 6.45) is 0.123. The summed E-state index contributed by atoms with van der Waals surface area (Å²) in [5, 5.41) is 8.65. The molecule has 19 heavy (non-hydrogen) atoms. The Kier molecular flexibility index (Phi) is 5.11. The van der Waals surface area contributed by atoms with Crippen LogP contribution in [0.1, 0.15) is 26.7 Å². The van der Waals surface area contributed by atoms with Crippen LogP contribution in [-0.4, -0.2) is 25.0 Å². The van der Waals surface area contributed by atoms with Gasteiger partial charge in [-0.1, -0.05) is 12.1 Å². The van der Waals surface area contributed by atoms with Crippen LogP contribution in [0.25, 0.3) is 0 Å². The summed E-state index contributed by atoms with van der Waals surface area (Å²) in [6.45, 7) is 3.31. The summed E-state index contributed by atoms with van der Waals surface area (Å²) < 4.78 is 27.4. The summed E-state index contributed by atoms with van der Waals surface area (Å²) in [6, 6.07) is 6.47. The fourth-order valence-electron chi connectivity index (χ4n) is 1.55. The highest BCUT2D eigenvalue weighted by Gasteiger charge is 2.27. The highest BCUT2D eigenvalue weighted by Crippen LogP contribution is 2.23. The Balaban J connectivity index is 2.91. The van der Waals surface area contributed by atoms with Crippen LogP contribution < -0.4 is 4.72 Å². The molecule has 0 saturated heterocycles. The number of halogens is 1. The second kappa shape index (κ2) is 6.02. The van der Waals surface area contributed by atoms with Crippen molar-refractivity contribution in [3.05, 3.63) is 28.7 Å². The van der Waals surface area contributed by atoms with Crippen molar-refractivity contribution in [3.8, 4) is 0 Å². The van der Waals surface area contributed by atoms with Gasteiger partial charge in [0.05, 0.1) is 4.90 Å². The predicted molar refractivity (Wildman–Crippen MR) is 75.4 cm³/mol. The third-order valence-corrected chi connectivity index (χ3v) is 5.21.